The lowest BCUT2D eigenvalue weighted by molar-refractivity contribution is -0.138. The SMILES string of the molecule is O=C(O)CCc1c[nH]c(Cc2[nH]cc(CCC(=O)O)c2CC(=O)O)c1CC(=O)O. The number of nitrogens with one attached hydrogen (secondary N) is 2. The van der Waals surface area contributed by atoms with Gasteiger partial charge in [-0.05, 0) is 35.1 Å². The average molecular weight is 406 g/mol. The summed E-state index contributed by atoms with van der Waals surface area (Å²) in [5.74, 6) is -4.13. The number of carboxylic acid groups (broad SMARTS) is 4. The van der Waals surface area contributed by atoms with Gasteiger partial charge in [-0.2, -0.15) is 0 Å². The van der Waals surface area contributed by atoms with Gasteiger partial charge in [-0.1, -0.05) is 0 Å². The number of aryl methyl sites for hydroxylation is 2. The van der Waals surface area contributed by atoms with Gasteiger partial charge in [0.1, 0.15) is 0 Å². The van der Waals surface area contributed by atoms with E-state index in [4.69, 9.17) is 10.2 Å². The minimum absolute atomic E-state index is 0.143. The third-order valence-corrected chi connectivity index (χ3v) is 4.57. The first kappa shape index (κ1) is 21.7. The number of aromatic nitrogens is 2. The van der Waals surface area contributed by atoms with Crippen LogP contribution in [-0.2, 0) is 51.3 Å². The lowest BCUT2D eigenvalue weighted by Gasteiger charge is -2.08. The maximum atomic E-state index is 11.3. The molecule has 0 aliphatic carbocycles. The highest BCUT2D eigenvalue weighted by molar-refractivity contribution is 5.73. The average Bonchev–Trinajstić information content (AvgIpc) is 3.15. The Balaban J connectivity index is 2.34. The lowest BCUT2D eigenvalue weighted by Crippen LogP contribution is -2.09. The minimum Gasteiger partial charge on any atom is -0.481 e. The van der Waals surface area contributed by atoms with Crippen molar-refractivity contribution in [3.05, 3.63) is 46.0 Å². The van der Waals surface area contributed by atoms with Crippen LogP contribution in [0.5, 0.6) is 0 Å². The van der Waals surface area contributed by atoms with E-state index in [1.807, 2.05) is 0 Å². The van der Waals surface area contributed by atoms with E-state index < -0.39 is 23.9 Å². The van der Waals surface area contributed by atoms with Gasteiger partial charge in [0.05, 0.1) is 12.8 Å². The molecule has 0 unspecified atom stereocenters. The first-order chi connectivity index (χ1) is 13.7. The Labute approximate surface area is 165 Å². The molecule has 2 aromatic rings. The van der Waals surface area contributed by atoms with Crippen molar-refractivity contribution < 1.29 is 39.6 Å². The zero-order valence-electron chi connectivity index (χ0n) is 15.5. The smallest absolute Gasteiger partial charge is 0.307 e. The molecule has 0 fully saturated rings. The van der Waals surface area contributed by atoms with Crippen LogP contribution in [0.3, 0.4) is 0 Å². The van der Waals surface area contributed by atoms with Crippen molar-refractivity contribution in [2.75, 3.05) is 0 Å². The molecule has 10 heteroatoms. The molecule has 0 atom stereocenters. The molecule has 2 rings (SSSR count). The quantitative estimate of drug-likeness (QED) is 0.304. The summed E-state index contributed by atoms with van der Waals surface area (Å²) in [7, 11) is 0. The second-order valence-electron chi connectivity index (χ2n) is 6.65. The first-order valence-electron chi connectivity index (χ1n) is 8.90. The van der Waals surface area contributed by atoms with Gasteiger partial charge < -0.3 is 30.4 Å². The summed E-state index contributed by atoms with van der Waals surface area (Å²) in [5, 5.41) is 36.2. The Bertz CT molecular complexity index is 851. The molecule has 0 bridgehead atoms. The molecule has 0 saturated carbocycles. The minimum atomic E-state index is -1.07. The molecule has 2 aromatic heterocycles. The molecule has 6 N–H and O–H groups in total. The maximum Gasteiger partial charge on any atom is 0.307 e. The van der Waals surface area contributed by atoms with Gasteiger partial charge in [0, 0.05) is 43.0 Å². The third kappa shape index (κ3) is 6.23. The molecule has 0 saturated heterocycles. The molecular weight excluding hydrogens is 384 g/mol. The van der Waals surface area contributed by atoms with Crippen LogP contribution >= 0.6 is 0 Å². The van der Waals surface area contributed by atoms with Gasteiger partial charge in [-0.15, -0.1) is 0 Å². The zero-order valence-corrected chi connectivity index (χ0v) is 15.5. The Kier molecular flexibility index (Phi) is 7.18. The Morgan fingerprint density at radius 3 is 1.34 bits per heavy atom. The highest BCUT2D eigenvalue weighted by atomic mass is 16.4. The molecule has 0 aliphatic heterocycles. The summed E-state index contributed by atoms with van der Waals surface area (Å²) in [6, 6.07) is 0. The third-order valence-electron chi connectivity index (χ3n) is 4.57. The summed E-state index contributed by atoms with van der Waals surface area (Å²) in [6.45, 7) is 0. The number of carboxylic acids is 4. The van der Waals surface area contributed by atoms with Crippen LogP contribution in [-0.4, -0.2) is 54.3 Å². The maximum absolute atomic E-state index is 11.3. The van der Waals surface area contributed by atoms with E-state index >= 15 is 0 Å². The number of hydrogen-bond acceptors (Lipinski definition) is 4. The van der Waals surface area contributed by atoms with Gasteiger partial charge in [0.15, 0.2) is 0 Å². The van der Waals surface area contributed by atoms with Gasteiger partial charge in [0.25, 0.3) is 0 Å². The summed E-state index contributed by atoms with van der Waals surface area (Å²) < 4.78 is 0. The zero-order chi connectivity index (χ0) is 21.6. The van der Waals surface area contributed by atoms with Crippen molar-refractivity contribution in [1.82, 2.24) is 9.97 Å². The van der Waals surface area contributed by atoms with E-state index in [2.05, 4.69) is 9.97 Å². The van der Waals surface area contributed by atoms with Gasteiger partial charge in [0.2, 0.25) is 0 Å². The van der Waals surface area contributed by atoms with Crippen molar-refractivity contribution in [3.8, 4) is 0 Å². The summed E-state index contributed by atoms with van der Waals surface area (Å²) in [5.41, 5.74) is 3.21. The fourth-order valence-electron chi connectivity index (χ4n) is 3.25. The molecule has 0 aliphatic rings. The standard InChI is InChI=1S/C19H22N2O8/c22-16(23)3-1-10-8-20-14(12(10)5-18(26)27)7-15-13(6-19(28)29)11(9-21-15)2-4-17(24)25/h8-9,20-21H,1-7H2,(H,22,23)(H,24,25)(H,26,27)(H,28,29). The Hall–Kier alpha value is -3.56. The van der Waals surface area contributed by atoms with Crippen LogP contribution in [0, 0.1) is 0 Å². The molecule has 0 spiro atoms. The molecule has 29 heavy (non-hydrogen) atoms. The van der Waals surface area contributed by atoms with E-state index in [9.17, 15) is 29.4 Å². The number of H-pyrrole nitrogens is 2. The van der Waals surface area contributed by atoms with Crippen molar-refractivity contribution in [2.24, 2.45) is 0 Å². The molecule has 2 heterocycles. The molecule has 0 amide bonds. The van der Waals surface area contributed by atoms with E-state index in [0.29, 0.717) is 33.6 Å². The predicted molar refractivity (Wildman–Crippen MR) is 99.0 cm³/mol. The molecule has 10 nitrogen and oxygen atoms in total. The molecule has 156 valence electrons. The first-order valence-corrected chi connectivity index (χ1v) is 8.90. The van der Waals surface area contributed by atoms with E-state index in [1.54, 1.807) is 12.4 Å². The van der Waals surface area contributed by atoms with Crippen molar-refractivity contribution in [1.29, 1.82) is 0 Å². The highest BCUT2D eigenvalue weighted by Gasteiger charge is 2.20. The van der Waals surface area contributed by atoms with Gasteiger partial charge in [-0.25, -0.2) is 0 Å². The van der Waals surface area contributed by atoms with Crippen LogP contribution in [0.2, 0.25) is 0 Å². The normalized spacial score (nSPS) is 10.8. The highest BCUT2D eigenvalue weighted by Crippen LogP contribution is 2.24. The van der Waals surface area contributed by atoms with Crippen molar-refractivity contribution >= 4 is 23.9 Å². The number of aliphatic carboxylic acids is 4. The fraction of sp³-hybridized carbons (Fsp3) is 0.368. The summed E-state index contributed by atoms with van der Waals surface area (Å²) >= 11 is 0. The van der Waals surface area contributed by atoms with Crippen LogP contribution in [0.25, 0.3) is 0 Å². The van der Waals surface area contributed by atoms with Gasteiger partial charge in [-0.3, -0.25) is 19.2 Å². The number of aromatic amines is 2. The lowest BCUT2D eigenvalue weighted by atomic mass is 9.98. The van der Waals surface area contributed by atoms with Crippen LogP contribution in [0.15, 0.2) is 12.4 Å². The topological polar surface area (TPSA) is 181 Å². The van der Waals surface area contributed by atoms with Crippen molar-refractivity contribution in [2.45, 2.75) is 44.9 Å². The molecular formula is C19H22N2O8. The fourth-order valence-corrected chi connectivity index (χ4v) is 3.25. The summed E-state index contributed by atoms with van der Waals surface area (Å²) in [4.78, 5) is 50.1. The second-order valence-corrected chi connectivity index (χ2v) is 6.65. The molecule has 0 aromatic carbocycles. The largest absolute Gasteiger partial charge is 0.481 e. The van der Waals surface area contributed by atoms with Crippen LogP contribution < -0.4 is 0 Å². The monoisotopic (exact) mass is 406 g/mol. The van der Waals surface area contributed by atoms with E-state index in [0.717, 1.165) is 0 Å². The Morgan fingerprint density at radius 1 is 0.655 bits per heavy atom. The summed E-state index contributed by atoms with van der Waals surface area (Å²) in [6.07, 6.45) is 2.79. The number of rotatable bonds is 12. The van der Waals surface area contributed by atoms with E-state index in [-0.39, 0.29) is 44.9 Å². The van der Waals surface area contributed by atoms with Gasteiger partial charge >= 0.3 is 23.9 Å². The van der Waals surface area contributed by atoms with E-state index in [1.165, 1.54) is 0 Å². The Morgan fingerprint density at radius 2 is 1.03 bits per heavy atom. The van der Waals surface area contributed by atoms with Crippen LogP contribution in [0.4, 0.5) is 0 Å². The second kappa shape index (κ2) is 9.58. The van der Waals surface area contributed by atoms with Crippen molar-refractivity contribution in [3.63, 3.8) is 0 Å². The molecule has 0 radical (unpaired) electrons. The van der Waals surface area contributed by atoms with Crippen LogP contribution in [0.1, 0.15) is 46.5 Å². The predicted octanol–water partition coefficient (Wildman–Crippen LogP) is 1.22. The number of hydrogen-bond donors (Lipinski definition) is 6. The number of carbonyl (C=O) groups is 4.